The van der Waals surface area contributed by atoms with E-state index in [-0.39, 0.29) is 18.3 Å². The van der Waals surface area contributed by atoms with E-state index in [4.69, 9.17) is 0 Å². The SMILES string of the molecule is CN(C(=O)c1ccc(-n2cccn2)cc1)C1CCNCC1.Cl. The van der Waals surface area contributed by atoms with Crippen LogP contribution >= 0.6 is 12.4 Å². The fraction of sp³-hybridized carbons (Fsp3) is 0.375. The number of aromatic nitrogens is 2. The van der Waals surface area contributed by atoms with Gasteiger partial charge in [-0.05, 0) is 56.3 Å². The maximum Gasteiger partial charge on any atom is 0.253 e. The van der Waals surface area contributed by atoms with E-state index in [2.05, 4.69) is 10.4 Å². The molecule has 1 saturated heterocycles. The Balaban J connectivity index is 0.00000176. The topological polar surface area (TPSA) is 50.2 Å². The van der Waals surface area contributed by atoms with Crippen molar-refractivity contribution < 1.29 is 4.79 Å². The highest BCUT2D eigenvalue weighted by atomic mass is 35.5. The van der Waals surface area contributed by atoms with Gasteiger partial charge >= 0.3 is 0 Å². The minimum absolute atomic E-state index is 0. The number of nitrogens with one attached hydrogen (secondary N) is 1. The molecule has 1 aromatic heterocycles. The molecule has 1 N–H and O–H groups in total. The lowest BCUT2D eigenvalue weighted by atomic mass is 10.0. The van der Waals surface area contributed by atoms with Gasteiger partial charge in [-0.25, -0.2) is 4.68 Å². The van der Waals surface area contributed by atoms with Gasteiger partial charge in [-0.3, -0.25) is 4.79 Å². The summed E-state index contributed by atoms with van der Waals surface area (Å²) >= 11 is 0. The van der Waals surface area contributed by atoms with Crippen molar-refractivity contribution in [2.45, 2.75) is 18.9 Å². The van der Waals surface area contributed by atoms with Gasteiger partial charge in [0.2, 0.25) is 0 Å². The smallest absolute Gasteiger partial charge is 0.253 e. The van der Waals surface area contributed by atoms with Crippen LogP contribution in [0.2, 0.25) is 0 Å². The van der Waals surface area contributed by atoms with E-state index in [0.29, 0.717) is 6.04 Å². The average molecular weight is 321 g/mol. The monoisotopic (exact) mass is 320 g/mol. The van der Waals surface area contributed by atoms with Crippen LogP contribution in [0.15, 0.2) is 42.7 Å². The number of rotatable bonds is 3. The fourth-order valence-electron chi connectivity index (χ4n) is 2.74. The molecule has 1 aliphatic rings. The summed E-state index contributed by atoms with van der Waals surface area (Å²) in [6.07, 6.45) is 5.67. The molecule has 0 spiro atoms. The molecule has 2 heterocycles. The molecule has 1 aliphatic heterocycles. The lowest BCUT2D eigenvalue weighted by Crippen LogP contribution is -2.43. The Morgan fingerprint density at radius 2 is 1.95 bits per heavy atom. The Morgan fingerprint density at radius 1 is 1.27 bits per heavy atom. The van der Waals surface area contributed by atoms with E-state index in [1.165, 1.54) is 0 Å². The van der Waals surface area contributed by atoms with Crippen LogP contribution in [0, 0.1) is 0 Å². The van der Waals surface area contributed by atoms with Crippen LogP contribution in [0.5, 0.6) is 0 Å². The molecule has 0 saturated carbocycles. The second-order valence-electron chi connectivity index (χ2n) is 5.39. The predicted octanol–water partition coefficient (Wildman–Crippen LogP) is 2.12. The van der Waals surface area contributed by atoms with Crippen LogP contribution in [0.25, 0.3) is 5.69 Å². The van der Waals surface area contributed by atoms with Crippen LogP contribution in [0.3, 0.4) is 0 Å². The number of amides is 1. The Kier molecular flexibility index (Phi) is 5.57. The molecule has 0 bridgehead atoms. The molecule has 1 aromatic carbocycles. The quantitative estimate of drug-likeness (QED) is 0.942. The molecule has 0 unspecified atom stereocenters. The molecule has 118 valence electrons. The van der Waals surface area contributed by atoms with Crippen molar-refractivity contribution in [2.75, 3.05) is 20.1 Å². The zero-order valence-electron chi connectivity index (χ0n) is 12.6. The van der Waals surface area contributed by atoms with E-state index in [9.17, 15) is 4.79 Å². The minimum Gasteiger partial charge on any atom is -0.339 e. The lowest BCUT2D eigenvalue weighted by Gasteiger charge is -2.31. The summed E-state index contributed by atoms with van der Waals surface area (Å²) < 4.78 is 1.78. The Bertz CT molecular complexity index is 591. The molecule has 1 amide bonds. The number of hydrogen-bond donors (Lipinski definition) is 1. The summed E-state index contributed by atoms with van der Waals surface area (Å²) in [4.78, 5) is 14.4. The molecule has 0 atom stereocenters. The zero-order chi connectivity index (χ0) is 14.7. The van der Waals surface area contributed by atoms with Crippen molar-refractivity contribution in [3.8, 4) is 5.69 Å². The van der Waals surface area contributed by atoms with Gasteiger partial charge in [-0.1, -0.05) is 0 Å². The minimum atomic E-state index is 0. The van der Waals surface area contributed by atoms with Crippen molar-refractivity contribution >= 4 is 18.3 Å². The second kappa shape index (κ2) is 7.42. The van der Waals surface area contributed by atoms with Crippen molar-refractivity contribution in [1.29, 1.82) is 0 Å². The van der Waals surface area contributed by atoms with Crippen LogP contribution in [-0.4, -0.2) is 46.8 Å². The molecule has 5 nitrogen and oxygen atoms in total. The van der Waals surface area contributed by atoms with Crippen LogP contribution in [-0.2, 0) is 0 Å². The van der Waals surface area contributed by atoms with Crippen LogP contribution < -0.4 is 5.32 Å². The van der Waals surface area contributed by atoms with Crippen molar-refractivity contribution in [3.05, 3.63) is 48.3 Å². The molecule has 2 aromatic rings. The van der Waals surface area contributed by atoms with Gasteiger partial charge in [0.05, 0.1) is 5.69 Å². The average Bonchev–Trinajstić information content (AvgIpc) is 3.09. The molecule has 0 aliphatic carbocycles. The summed E-state index contributed by atoms with van der Waals surface area (Å²) in [5, 5.41) is 7.51. The Morgan fingerprint density at radius 3 is 2.55 bits per heavy atom. The second-order valence-corrected chi connectivity index (χ2v) is 5.39. The fourth-order valence-corrected chi connectivity index (χ4v) is 2.74. The number of hydrogen-bond acceptors (Lipinski definition) is 3. The zero-order valence-corrected chi connectivity index (χ0v) is 13.4. The highest BCUT2D eigenvalue weighted by molar-refractivity contribution is 5.94. The van der Waals surface area contributed by atoms with Gasteiger partial charge in [-0.2, -0.15) is 5.10 Å². The number of carbonyl (C=O) groups is 1. The third-order valence-corrected chi connectivity index (χ3v) is 4.06. The third kappa shape index (κ3) is 3.48. The number of halogens is 1. The maximum absolute atomic E-state index is 12.5. The maximum atomic E-state index is 12.5. The van der Waals surface area contributed by atoms with Crippen LogP contribution in [0.4, 0.5) is 0 Å². The van der Waals surface area contributed by atoms with E-state index >= 15 is 0 Å². The predicted molar refractivity (Wildman–Crippen MR) is 88.8 cm³/mol. The van der Waals surface area contributed by atoms with E-state index in [0.717, 1.165) is 37.2 Å². The highest BCUT2D eigenvalue weighted by Gasteiger charge is 2.22. The molecule has 3 rings (SSSR count). The molecule has 0 radical (unpaired) electrons. The molecule has 1 fully saturated rings. The summed E-state index contributed by atoms with van der Waals surface area (Å²) in [5.41, 5.74) is 1.69. The van der Waals surface area contributed by atoms with Crippen LogP contribution in [0.1, 0.15) is 23.2 Å². The Hall–Kier alpha value is -1.85. The third-order valence-electron chi connectivity index (χ3n) is 4.06. The highest BCUT2D eigenvalue weighted by Crippen LogP contribution is 2.15. The largest absolute Gasteiger partial charge is 0.339 e. The Labute approximate surface area is 136 Å². The molecular weight excluding hydrogens is 300 g/mol. The number of carbonyl (C=O) groups excluding carboxylic acids is 1. The van der Waals surface area contributed by atoms with E-state index in [1.54, 1.807) is 10.9 Å². The van der Waals surface area contributed by atoms with Crippen molar-refractivity contribution in [3.63, 3.8) is 0 Å². The van der Waals surface area contributed by atoms with Gasteiger partial charge < -0.3 is 10.2 Å². The molecule has 6 heteroatoms. The number of piperidine rings is 1. The first kappa shape index (κ1) is 16.5. The number of nitrogens with zero attached hydrogens (tertiary/aromatic N) is 3. The van der Waals surface area contributed by atoms with Crippen molar-refractivity contribution in [2.24, 2.45) is 0 Å². The normalized spacial score (nSPS) is 15.1. The molecular formula is C16H21ClN4O. The van der Waals surface area contributed by atoms with Gasteiger partial charge in [0.1, 0.15) is 0 Å². The number of benzene rings is 1. The van der Waals surface area contributed by atoms with Gasteiger partial charge in [-0.15, -0.1) is 12.4 Å². The summed E-state index contributed by atoms with van der Waals surface area (Å²) in [7, 11) is 1.90. The first-order valence-corrected chi connectivity index (χ1v) is 7.33. The van der Waals surface area contributed by atoms with Gasteiger partial charge in [0.15, 0.2) is 0 Å². The van der Waals surface area contributed by atoms with E-state index in [1.807, 2.05) is 48.5 Å². The van der Waals surface area contributed by atoms with E-state index < -0.39 is 0 Å². The first-order valence-electron chi connectivity index (χ1n) is 7.33. The van der Waals surface area contributed by atoms with Gasteiger partial charge in [0, 0.05) is 31.0 Å². The summed E-state index contributed by atoms with van der Waals surface area (Å²) in [6, 6.07) is 9.81. The standard InChI is InChI=1S/C16H20N4O.ClH/c1-19(14-7-10-17-11-8-14)16(21)13-3-5-15(6-4-13)20-12-2-9-18-20;/h2-6,9,12,14,17H,7-8,10-11H2,1H3;1H. The van der Waals surface area contributed by atoms with Gasteiger partial charge in [0.25, 0.3) is 5.91 Å². The van der Waals surface area contributed by atoms with Crippen molar-refractivity contribution in [1.82, 2.24) is 20.0 Å². The summed E-state index contributed by atoms with van der Waals surface area (Å²) in [5.74, 6) is 0.0916. The molecule has 22 heavy (non-hydrogen) atoms. The summed E-state index contributed by atoms with van der Waals surface area (Å²) in [6.45, 7) is 1.97. The first-order chi connectivity index (χ1) is 10.3. The lowest BCUT2D eigenvalue weighted by molar-refractivity contribution is 0.0703.